The summed E-state index contributed by atoms with van der Waals surface area (Å²) in [6.07, 6.45) is 14.3. The number of fused-ring (bicyclic) bond motifs is 2. The van der Waals surface area contributed by atoms with Gasteiger partial charge in [-0.25, -0.2) is 4.79 Å². The van der Waals surface area contributed by atoms with Crippen molar-refractivity contribution in [2.24, 2.45) is 5.92 Å². The van der Waals surface area contributed by atoms with E-state index in [0.29, 0.717) is 6.04 Å². The highest BCUT2D eigenvalue weighted by molar-refractivity contribution is 5.68. The summed E-state index contributed by atoms with van der Waals surface area (Å²) in [6, 6.07) is 0.690. The lowest BCUT2D eigenvalue weighted by Crippen LogP contribution is -2.44. The third-order valence-corrected chi connectivity index (χ3v) is 5.93. The lowest BCUT2D eigenvalue weighted by Gasteiger charge is -2.28. The molecule has 27 heavy (non-hydrogen) atoms. The van der Waals surface area contributed by atoms with E-state index in [2.05, 4.69) is 21.7 Å². The summed E-state index contributed by atoms with van der Waals surface area (Å²) >= 11 is 0. The van der Waals surface area contributed by atoms with Gasteiger partial charge in [-0.05, 0) is 65.2 Å². The number of nitrogens with zero attached hydrogens (tertiary/aromatic N) is 1. The van der Waals surface area contributed by atoms with E-state index in [4.69, 9.17) is 4.74 Å². The number of nitrogens with one attached hydrogen (secondary N) is 2. The Kier molecular flexibility index (Phi) is 6.93. The summed E-state index contributed by atoms with van der Waals surface area (Å²) in [5, 5.41) is 6.60. The fourth-order valence-electron chi connectivity index (χ4n) is 4.33. The Balaban J connectivity index is 1.61. The van der Waals surface area contributed by atoms with Crippen molar-refractivity contribution in [3.8, 4) is 0 Å². The van der Waals surface area contributed by atoms with Crippen molar-refractivity contribution < 1.29 is 9.53 Å². The van der Waals surface area contributed by atoms with Crippen LogP contribution >= 0.6 is 0 Å². The number of allylic oxidation sites excluding steroid dienone is 1. The molecule has 3 aliphatic rings. The smallest absolute Gasteiger partial charge is 0.407 e. The van der Waals surface area contributed by atoms with Gasteiger partial charge in [0.05, 0.1) is 6.54 Å². The van der Waals surface area contributed by atoms with E-state index in [1.807, 2.05) is 20.8 Å². The lowest BCUT2D eigenvalue weighted by molar-refractivity contribution is 0.0688. The van der Waals surface area contributed by atoms with Crippen molar-refractivity contribution in [3.63, 3.8) is 0 Å². The molecule has 3 rings (SSSR count). The van der Waals surface area contributed by atoms with Crippen LogP contribution < -0.4 is 10.6 Å². The molecule has 1 amide bonds. The number of amides is 1. The fourth-order valence-corrected chi connectivity index (χ4v) is 4.33. The SMILES string of the molecule is CC(C)(C)NC(=O)OC1CCCCCCCC2CC2N/C=C2/CCCN2C1. The molecule has 0 radical (unpaired) electrons. The molecule has 2 heterocycles. The Bertz CT molecular complexity index is 526. The molecule has 1 saturated heterocycles. The van der Waals surface area contributed by atoms with Crippen LogP contribution in [-0.4, -0.2) is 41.8 Å². The Morgan fingerprint density at radius 3 is 2.67 bits per heavy atom. The first-order chi connectivity index (χ1) is 12.9. The Labute approximate surface area is 165 Å². The maximum absolute atomic E-state index is 12.3. The molecule has 3 atom stereocenters. The van der Waals surface area contributed by atoms with E-state index in [1.54, 1.807) is 0 Å². The molecule has 154 valence electrons. The van der Waals surface area contributed by atoms with Crippen LogP contribution in [0.2, 0.25) is 0 Å². The number of ether oxygens (including phenoxy) is 1. The topological polar surface area (TPSA) is 53.6 Å². The maximum Gasteiger partial charge on any atom is 0.407 e. The van der Waals surface area contributed by atoms with Crippen LogP contribution in [0.1, 0.15) is 85.0 Å². The normalized spacial score (nSPS) is 31.9. The van der Waals surface area contributed by atoms with Gasteiger partial charge in [-0.15, -0.1) is 0 Å². The molecule has 3 unspecified atom stereocenters. The average Bonchev–Trinajstić information content (AvgIpc) is 3.17. The molecule has 5 heteroatoms. The zero-order valence-corrected chi connectivity index (χ0v) is 17.6. The average molecular weight is 378 g/mol. The maximum atomic E-state index is 12.3. The molecule has 1 saturated carbocycles. The summed E-state index contributed by atoms with van der Waals surface area (Å²) in [4.78, 5) is 14.7. The van der Waals surface area contributed by atoms with Gasteiger partial charge < -0.3 is 20.3 Å². The summed E-state index contributed by atoms with van der Waals surface area (Å²) < 4.78 is 5.85. The van der Waals surface area contributed by atoms with Gasteiger partial charge in [0.25, 0.3) is 0 Å². The minimum absolute atomic E-state index is 0.0346. The van der Waals surface area contributed by atoms with Crippen molar-refractivity contribution in [2.75, 3.05) is 13.1 Å². The van der Waals surface area contributed by atoms with E-state index in [1.165, 1.54) is 50.6 Å². The minimum Gasteiger partial charge on any atom is -0.444 e. The van der Waals surface area contributed by atoms with Crippen LogP contribution in [0.3, 0.4) is 0 Å². The first kappa shape index (κ1) is 20.3. The zero-order chi connectivity index (χ0) is 19.3. The predicted molar refractivity (Wildman–Crippen MR) is 109 cm³/mol. The number of carbonyl (C=O) groups is 1. The lowest BCUT2D eigenvalue weighted by atomic mass is 10.1. The number of rotatable bonds is 1. The molecular formula is C22H39N3O2. The second-order valence-corrected chi connectivity index (χ2v) is 9.70. The molecule has 1 aliphatic carbocycles. The van der Waals surface area contributed by atoms with E-state index in [-0.39, 0.29) is 17.7 Å². The van der Waals surface area contributed by atoms with Gasteiger partial charge in [0.1, 0.15) is 6.10 Å². The largest absolute Gasteiger partial charge is 0.444 e. The summed E-state index contributed by atoms with van der Waals surface area (Å²) in [5.41, 5.74) is 1.13. The highest BCUT2D eigenvalue weighted by Crippen LogP contribution is 2.36. The molecule has 5 nitrogen and oxygen atoms in total. The van der Waals surface area contributed by atoms with Crippen molar-refractivity contribution in [1.29, 1.82) is 0 Å². The van der Waals surface area contributed by atoms with E-state index in [9.17, 15) is 4.79 Å². The van der Waals surface area contributed by atoms with E-state index < -0.39 is 0 Å². The molecule has 2 aliphatic heterocycles. The third-order valence-electron chi connectivity index (χ3n) is 5.93. The van der Waals surface area contributed by atoms with Crippen LogP contribution in [0.15, 0.2) is 11.9 Å². The van der Waals surface area contributed by atoms with Gasteiger partial charge in [0.2, 0.25) is 0 Å². The minimum atomic E-state index is -0.283. The molecule has 0 aromatic carbocycles. The van der Waals surface area contributed by atoms with Crippen molar-refractivity contribution in [1.82, 2.24) is 15.5 Å². The summed E-state index contributed by atoms with van der Waals surface area (Å²) in [5.74, 6) is 0.888. The van der Waals surface area contributed by atoms with Gasteiger partial charge in [-0.2, -0.15) is 0 Å². The second-order valence-electron chi connectivity index (χ2n) is 9.70. The standard InChI is InChI=1S/C22H39N3O2/c1-22(2,3)24-21(26)27-19-12-8-6-4-5-7-10-17-14-20(17)23-15-18-11-9-13-25(18)16-19/h15,17,19-20,23H,4-14,16H2,1-3H3,(H,24,26)/b18-15-. The first-order valence-corrected chi connectivity index (χ1v) is 11.1. The van der Waals surface area contributed by atoms with Crippen molar-refractivity contribution in [3.05, 3.63) is 11.9 Å². The second kappa shape index (κ2) is 9.20. The molecule has 2 N–H and O–H groups in total. The zero-order valence-electron chi connectivity index (χ0n) is 17.6. The monoisotopic (exact) mass is 377 g/mol. The van der Waals surface area contributed by atoms with Crippen molar-refractivity contribution >= 4 is 6.09 Å². The quantitative estimate of drug-likeness (QED) is 0.704. The number of carbonyl (C=O) groups excluding carboxylic acids is 1. The highest BCUT2D eigenvalue weighted by atomic mass is 16.6. The van der Waals surface area contributed by atoms with Gasteiger partial charge in [0.15, 0.2) is 0 Å². The van der Waals surface area contributed by atoms with Crippen LogP contribution in [0.25, 0.3) is 0 Å². The third kappa shape index (κ3) is 6.93. The van der Waals surface area contributed by atoms with Gasteiger partial charge in [-0.3, -0.25) is 0 Å². The Morgan fingerprint density at radius 2 is 1.89 bits per heavy atom. The Hall–Kier alpha value is -1.39. The van der Waals surface area contributed by atoms with Crippen LogP contribution in [-0.2, 0) is 4.74 Å². The summed E-state index contributed by atoms with van der Waals surface area (Å²) in [6.45, 7) is 7.86. The highest BCUT2D eigenvalue weighted by Gasteiger charge is 2.35. The number of hydrogen-bond donors (Lipinski definition) is 2. The molecule has 0 spiro atoms. The fraction of sp³-hybridized carbons (Fsp3) is 0.864. The molecule has 0 aromatic rings. The van der Waals surface area contributed by atoms with Crippen LogP contribution in [0.4, 0.5) is 4.79 Å². The van der Waals surface area contributed by atoms with Crippen LogP contribution in [0.5, 0.6) is 0 Å². The number of alkyl carbamates (subject to hydrolysis) is 1. The number of hydrogen-bond acceptors (Lipinski definition) is 4. The molecule has 0 aromatic heterocycles. The predicted octanol–water partition coefficient (Wildman–Crippen LogP) is 4.54. The summed E-state index contributed by atoms with van der Waals surface area (Å²) in [7, 11) is 0. The first-order valence-electron chi connectivity index (χ1n) is 11.1. The molecular weight excluding hydrogens is 338 g/mol. The van der Waals surface area contributed by atoms with Crippen LogP contribution in [0, 0.1) is 5.92 Å². The Morgan fingerprint density at radius 1 is 1.15 bits per heavy atom. The molecule has 0 bridgehead atoms. The van der Waals surface area contributed by atoms with Gasteiger partial charge in [0, 0.05) is 30.0 Å². The van der Waals surface area contributed by atoms with Gasteiger partial charge >= 0.3 is 6.09 Å². The van der Waals surface area contributed by atoms with E-state index in [0.717, 1.165) is 38.3 Å². The van der Waals surface area contributed by atoms with Crippen molar-refractivity contribution in [2.45, 2.75) is 103 Å². The van der Waals surface area contributed by atoms with Gasteiger partial charge in [-0.1, -0.05) is 25.7 Å². The van der Waals surface area contributed by atoms with E-state index >= 15 is 0 Å². The molecule has 2 fully saturated rings.